The fourth-order valence-electron chi connectivity index (χ4n) is 0.431. The van der Waals surface area contributed by atoms with E-state index in [1.807, 2.05) is 0 Å². The van der Waals surface area contributed by atoms with Gasteiger partial charge in [0.05, 0.1) is 0 Å². The lowest BCUT2D eigenvalue weighted by molar-refractivity contribution is -0.132. The van der Waals surface area contributed by atoms with Gasteiger partial charge in [-0.2, -0.15) is 12.6 Å². The molecule has 0 amide bonds. The maximum atomic E-state index is 8.93. The van der Waals surface area contributed by atoms with Crippen LogP contribution in [0.1, 0.15) is 7.85 Å². The molecule has 0 unspecified atom stereocenters. The van der Waals surface area contributed by atoms with Gasteiger partial charge in [-0.05, 0) is 19.5 Å². The third-order valence-electron chi connectivity index (χ3n) is 0.913. The summed E-state index contributed by atoms with van der Waals surface area (Å²) in [6.07, 6.45) is 1.06. The van der Waals surface area contributed by atoms with Crippen molar-refractivity contribution < 1.29 is 20.5 Å². The minimum absolute atomic E-state index is 0. The molecule has 0 rings (SSSR count). The van der Waals surface area contributed by atoms with Crippen molar-refractivity contribution in [2.45, 2.75) is 6.42 Å². The highest BCUT2D eigenvalue weighted by Gasteiger charge is 1.81. The van der Waals surface area contributed by atoms with E-state index >= 15 is 0 Å². The van der Waals surface area contributed by atoms with E-state index in [4.69, 9.17) is 20.1 Å². The molecule has 8 heteroatoms. The number of nitrogens with two attached hydrogens (primary N) is 1. The van der Waals surface area contributed by atoms with Gasteiger partial charge < -0.3 is 11.1 Å². The van der Waals surface area contributed by atoms with E-state index in [1.165, 1.54) is 0 Å². The van der Waals surface area contributed by atoms with Crippen LogP contribution in [0, 0.1) is 0 Å². The van der Waals surface area contributed by atoms with Crippen LogP contribution in [-0.4, -0.2) is 30.6 Å². The SMILES string of the molecule is NCCCNCCS.O=P(=O)OO.[HH]. The van der Waals surface area contributed by atoms with Gasteiger partial charge in [-0.15, -0.1) is 4.67 Å². The Balaban J connectivity index is -0.000000177. The van der Waals surface area contributed by atoms with Crippen LogP contribution in [0.15, 0.2) is 0 Å². The number of hydrogen-bond acceptors (Lipinski definition) is 7. The zero-order valence-electron chi connectivity index (χ0n) is 7.18. The van der Waals surface area contributed by atoms with E-state index in [1.54, 1.807) is 0 Å². The van der Waals surface area contributed by atoms with Gasteiger partial charge in [0.25, 0.3) is 0 Å². The largest absolute Gasteiger partial charge is 0.496 e. The van der Waals surface area contributed by atoms with Crippen LogP contribution in [0.25, 0.3) is 0 Å². The van der Waals surface area contributed by atoms with E-state index < -0.39 is 7.91 Å². The van der Waals surface area contributed by atoms with Crippen LogP contribution in [0.4, 0.5) is 0 Å². The van der Waals surface area contributed by atoms with Gasteiger partial charge in [0.1, 0.15) is 0 Å². The van der Waals surface area contributed by atoms with Crippen molar-refractivity contribution in [2.75, 3.05) is 25.4 Å². The summed E-state index contributed by atoms with van der Waals surface area (Å²) >= 11 is 4.03. The van der Waals surface area contributed by atoms with Crippen molar-refractivity contribution in [1.82, 2.24) is 5.32 Å². The maximum absolute atomic E-state index is 8.93. The van der Waals surface area contributed by atoms with Gasteiger partial charge in [0.2, 0.25) is 0 Å². The first kappa shape index (κ1) is 15.6. The first-order chi connectivity index (χ1) is 6.18. The Kier molecular flexibility index (Phi) is 17.5. The van der Waals surface area contributed by atoms with Crippen molar-refractivity contribution in [1.29, 1.82) is 0 Å². The van der Waals surface area contributed by atoms with Crippen LogP contribution < -0.4 is 11.1 Å². The number of rotatable bonds is 6. The van der Waals surface area contributed by atoms with Gasteiger partial charge in [0.15, 0.2) is 0 Å². The highest BCUT2D eigenvalue weighted by molar-refractivity contribution is 7.80. The van der Waals surface area contributed by atoms with Crippen molar-refractivity contribution in [3.8, 4) is 0 Å². The van der Waals surface area contributed by atoms with E-state index in [9.17, 15) is 0 Å². The molecule has 0 aliphatic rings. The summed E-state index contributed by atoms with van der Waals surface area (Å²) in [7, 11) is -3.04. The molecule has 0 atom stereocenters. The quantitative estimate of drug-likeness (QED) is 0.176. The van der Waals surface area contributed by atoms with Crippen LogP contribution in [-0.2, 0) is 13.8 Å². The Morgan fingerprint density at radius 3 is 2.38 bits per heavy atom. The Morgan fingerprint density at radius 1 is 1.54 bits per heavy atom. The standard InChI is InChI=1S/C5H14N2S.HO4P.H2/c6-2-1-3-7-4-5-8;1-4-5(2)3;/h7-8H,1-6H2;1H;1H. The zero-order chi connectivity index (χ0) is 10.5. The summed E-state index contributed by atoms with van der Waals surface area (Å²) < 4.78 is 20.6. The molecule has 0 aliphatic carbocycles. The second-order valence-corrected chi connectivity index (χ2v) is 2.98. The van der Waals surface area contributed by atoms with Gasteiger partial charge in [0, 0.05) is 13.7 Å². The lowest BCUT2D eigenvalue weighted by atomic mass is 10.4. The molecule has 0 bridgehead atoms. The van der Waals surface area contributed by atoms with Crippen LogP contribution in [0.2, 0.25) is 0 Å². The molecule has 0 aliphatic heterocycles. The highest BCUT2D eigenvalue weighted by atomic mass is 32.1. The van der Waals surface area contributed by atoms with Crippen molar-refractivity contribution >= 4 is 20.5 Å². The molecule has 0 aromatic heterocycles. The predicted molar refractivity (Wildman–Crippen MR) is 54.5 cm³/mol. The summed E-state index contributed by atoms with van der Waals surface area (Å²) in [6.45, 7) is 2.79. The minimum atomic E-state index is -3.04. The molecule has 0 heterocycles. The number of thiol groups is 1. The fraction of sp³-hybridized carbons (Fsp3) is 1.00. The first-order valence-corrected chi connectivity index (χ1v) is 5.39. The molecule has 13 heavy (non-hydrogen) atoms. The molecule has 4 N–H and O–H groups in total. The average Bonchev–Trinajstić information content (AvgIpc) is 2.14. The summed E-state index contributed by atoms with van der Waals surface area (Å²) in [5.41, 5.74) is 5.25. The van der Waals surface area contributed by atoms with E-state index in [2.05, 4.69) is 22.6 Å². The predicted octanol–water partition coefficient (Wildman–Crippen LogP) is 0.664. The molecule has 0 radical (unpaired) electrons. The van der Waals surface area contributed by atoms with Gasteiger partial charge in [-0.3, -0.25) is 0 Å². The van der Waals surface area contributed by atoms with Crippen molar-refractivity contribution in [3.63, 3.8) is 0 Å². The molecule has 0 spiro atoms. The van der Waals surface area contributed by atoms with E-state index in [-0.39, 0.29) is 1.43 Å². The lowest BCUT2D eigenvalue weighted by Gasteiger charge is -1.97. The molecule has 0 saturated carbocycles. The Hall–Kier alpha value is 0.0900. The number of nitrogens with one attached hydrogen (secondary N) is 1. The molecule has 0 aromatic carbocycles. The second-order valence-electron chi connectivity index (χ2n) is 1.92. The normalized spacial score (nSPS) is 8.85. The Labute approximate surface area is 84.6 Å². The molecular formula is C5H17N2O4PS. The van der Waals surface area contributed by atoms with Crippen LogP contribution >= 0.6 is 20.5 Å². The molecule has 0 saturated heterocycles. The minimum Gasteiger partial charge on any atom is -0.330 e. The molecular weight excluding hydrogens is 215 g/mol. The Morgan fingerprint density at radius 2 is 2.08 bits per heavy atom. The monoisotopic (exact) mass is 232 g/mol. The molecule has 0 fully saturated rings. The molecule has 0 aromatic rings. The fourth-order valence-corrected chi connectivity index (χ4v) is 0.589. The third kappa shape index (κ3) is 24.5. The van der Waals surface area contributed by atoms with Crippen molar-refractivity contribution in [3.05, 3.63) is 0 Å². The topological polar surface area (TPSA) is 102 Å². The lowest BCUT2D eigenvalue weighted by Crippen LogP contribution is -2.20. The van der Waals surface area contributed by atoms with Crippen LogP contribution in [0.5, 0.6) is 0 Å². The van der Waals surface area contributed by atoms with Crippen molar-refractivity contribution in [2.24, 2.45) is 5.73 Å². The summed E-state index contributed by atoms with van der Waals surface area (Å²) in [4.78, 5) is 0. The third-order valence-corrected chi connectivity index (χ3v) is 1.27. The van der Waals surface area contributed by atoms with Gasteiger partial charge >= 0.3 is 7.91 Å². The smallest absolute Gasteiger partial charge is 0.330 e. The van der Waals surface area contributed by atoms with E-state index in [0.29, 0.717) is 0 Å². The Bertz CT molecular complexity index is 147. The van der Waals surface area contributed by atoms with E-state index in [0.717, 1.165) is 31.8 Å². The summed E-state index contributed by atoms with van der Waals surface area (Å²) in [5.74, 6) is 0.907. The summed E-state index contributed by atoms with van der Waals surface area (Å²) in [5, 5.41) is 10.2. The number of hydrogen-bond donors (Lipinski definition) is 4. The molecule has 82 valence electrons. The van der Waals surface area contributed by atoms with Gasteiger partial charge in [-0.1, -0.05) is 0 Å². The van der Waals surface area contributed by atoms with Crippen LogP contribution in [0.3, 0.4) is 0 Å². The summed E-state index contributed by atoms with van der Waals surface area (Å²) in [6, 6.07) is 0. The first-order valence-electron chi connectivity index (χ1n) is 3.66. The van der Waals surface area contributed by atoms with Gasteiger partial charge in [-0.25, -0.2) is 14.4 Å². The zero-order valence-corrected chi connectivity index (χ0v) is 8.97. The second kappa shape index (κ2) is 14.6. The highest BCUT2D eigenvalue weighted by Crippen LogP contribution is 1.97. The average molecular weight is 232 g/mol. The maximum Gasteiger partial charge on any atom is 0.496 e. The molecule has 6 nitrogen and oxygen atoms in total.